The van der Waals surface area contributed by atoms with Gasteiger partial charge < -0.3 is 19.5 Å². The van der Waals surface area contributed by atoms with Crippen molar-refractivity contribution in [2.45, 2.75) is 46.4 Å². The molecule has 1 atom stereocenters. The van der Waals surface area contributed by atoms with Gasteiger partial charge in [-0.1, -0.05) is 24.3 Å². The van der Waals surface area contributed by atoms with Crippen LogP contribution >= 0.6 is 0 Å². The van der Waals surface area contributed by atoms with E-state index in [1.54, 1.807) is 17.9 Å². The molecule has 0 aromatic heterocycles. The molecule has 0 fully saturated rings. The van der Waals surface area contributed by atoms with Gasteiger partial charge in [0.2, 0.25) is 0 Å². The van der Waals surface area contributed by atoms with Gasteiger partial charge in [0.05, 0.1) is 12.6 Å². The first-order valence-corrected chi connectivity index (χ1v) is 9.35. The van der Waals surface area contributed by atoms with Gasteiger partial charge in [-0.15, -0.1) is 0 Å². The Labute approximate surface area is 160 Å². The van der Waals surface area contributed by atoms with E-state index in [9.17, 15) is 9.90 Å². The van der Waals surface area contributed by atoms with Crippen LogP contribution in [0.5, 0.6) is 11.5 Å². The molecule has 0 unspecified atom stereocenters. The monoisotopic (exact) mass is 369 g/mol. The van der Waals surface area contributed by atoms with Crippen molar-refractivity contribution in [2.24, 2.45) is 0 Å². The summed E-state index contributed by atoms with van der Waals surface area (Å²) < 4.78 is 11.4. The maximum atomic E-state index is 12.8. The van der Waals surface area contributed by atoms with E-state index in [1.807, 2.05) is 51.1 Å². The van der Waals surface area contributed by atoms with E-state index >= 15 is 0 Å². The number of ether oxygens (including phenoxy) is 2. The first-order chi connectivity index (χ1) is 12.9. The number of rotatable bonds is 4. The normalized spacial score (nSPS) is 15.1. The average Bonchev–Trinajstić information content (AvgIpc) is 2.83. The molecule has 1 N–H and O–H groups in total. The summed E-state index contributed by atoms with van der Waals surface area (Å²) in [6, 6.07) is 11.7. The van der Waals surface area contributed by atoms with Gasteiger partial charge in [0, 0.05) is 12.1 Å². The van der Waals surface area contributed by atoms with Crippen molar-refractivity contribution in [3.8, 4) is 22.6 Å². The van der Waals surface area contributed by atoms with Gasteiger partial charge in [0.1, 0.15) is 12.7 Å². The van der Waals surface area contributed by atoms with Crippen molar-refractivity contribution < 1.29 is 19.4 Å². The summed E-state index contributed by atoms with van der Waals surface area (Å²) in [5, 5.41) is 10.5. The molecule has 1 aliphatic rings. The number of aryl methyl sites for hydroxylation is 1. The first-order valence-electron chi connectivity index (χ1n) is 9.35. The molecular formula is C22H27NO4. The van der Waals surface area contributed by atoms with E-state index in [2.05, 4.69) is 0 Å². The number of fused-ring (bicyclic) bond motifs is 1. The number of carbonyl (C=O) groups is 1. The molecule has 144 valence electrons. The Morgan fingerprint density at radius 1 is 1.22 bits per heavy atom. The molecule has 1 aliphatic heterocycles. The number of phenols is 1. The van der Waals surface area contributed by atoms with Gasteiger partial charge in [-0.3, -0.25) is 4.79 Å². The lowest BCUT2D eigenvalue weighted by atomic mass is 9.98. The molecule has 5 heteroatoms. The summed E-state index contributed by atoms with van der Waals surface area (Å²) in [7, 11) is 0. The SMILES string of the molecule is Cc1ccccc1-c1cc(O)c2c(c1)CN(C(=O)[C@H](C)OC(C)C)CCO2. The summed E-state index contributed by atoms with van der Waals surface area (Å²) in [4.78, 5) is 14.5. The summed E-state index contributed by atoms with van der Waals surface area (Å²) in [5.74, 6) is 0.493. The summed E-state index contributed by atoms with van der Waals surface area (Å²) in [6.45, 7) is 8.82. The highest BCUT2D eigenvalue weighted by atomic mass is 16.5. The number of aromatic hydroxyl groups is 1. The third-order valence-corrected chi connectivity index (χ3v) is 4.71. The topological polar surface area (TPSA) is 59.0 Å². The Morgan fingerprint density at radius 2 is 1.96 bits per heavy atom. The second-order valence-corrected chi connectivity index (χ2v) is 7.23. The zero-order valence-corrected chi connectivity index (χ0v) is 16.4. The van der Waals surface area contributed by atoms with Gasteiger partial charge in [-0.25, -0.2) is 0 Å². The van der Waals surface area contributed by atoms with Crippen LogP contribution < -0.4 is 4.74 Å². The lowest BCUT2D eigenvalue weighted by molar-refractivity contribution is -0.145. The minimum atomic E-state index is -0.514. The molecule has 5 nitrogen and oxygen atoms in total. The van der Waals surface area contributed by atoms with Crippen LogP contribution in [0.2, 0.25) is 0 Å². The van der Waals surface area contributed by atoms with Gasteiger partial charge in [0.25, 0.3) is 5.91 Å². The minimum Gasteiger partial charge on any atom is -0.504 e. The summed E-state index contributed by atoms with van der Waals surface area (Å²) in [5.41, 5.74) is 3.89. The molecule has 2 aromatic carbocycles. The molecule has 0 radical (unpaired) electrons. The van der Waals surface area contributed by atoms with Crippen LogP contribution in [0.25, 0.3) is 11.1 Å². The Balaban J connectivity index is 1.92. The Kier molecular flexibility index (Phi) is 5.71. The molecule has 1 amide bonds. The van der Waals surface area contributed by atoms with Crippen LogP contribution in [0, 0.1) is 6.92 Å². The fraction of sp³-hybridized carbons (Fsp3) is 0.409. The third kappa shape index (κ3) is 4.25. The predicted octanol–water partition coefficient (Wildman–Crippen LogP) is 3.90. The highest BCUT2D eigenvalue weighted by Gasteiger charge is 2.27. The van der Waals surface area contributed by atoms with Crippen molar-refractivity contribution >= 4 is 5.91 Å². The highest BCUT2D eigenvalue weighted by molar-refractivity contribution is 5.81. The van der Waals surface area contributed by atoms with Crippen LogP contribution in [0.15, 0.2) is 36.4 Å². The number of phenolic OH excluding ortho intramolecular Hbond substituents is 1. The van der Waals surface area contributed by atoms with Crippen molar-refractivity contribution in [3.05, 3.63) is 47.5 Å². The second kappa shape index (κ2) is 8.01. The summed E-state index contributed by atoms with van der Waals surface area (Å²) >= 11 is 0. The first kappa shape index (κ1) is 19.2. The smallest absolute Gasteiger partial charge is 0.251 e. The van der Waals surface area contributed by atoms with Crippen LogP contribution in [0.1, 0.15) is 31.9 Å². The molecule has 0 bridgehead atoms. The largest absolute Gasteiger partial charge is 0.504 e. The van der Waals surface area contributed by atoms with E-state index in [0.717, 1.165) is 22.3 Å². The van der Waals surface area contributed by atoms with Crippen LogP contribution in [0.4, 0.5) is 0 Å². The predicted molar refractivity (Wildman–Crippen MR) is 105 cm³/mol. The van der Waals surface area contributed by atoms with E-state index < -0.39 is 6.10 Å². The number of hydrogen-bond donors (Lipinski definition) is 1. The number of benzene rings is 2. The maximum Gasteiger partial charge on any atom is 0.251 e. The molecule has 0 spiro atoms. The number of carbonyl (C=O) groups excluding carboxylic acids is 1. The summed E-state index contributed by atoms with van der Waals surface area (Å²) in [6.07, 6.45) is -0.532. The van der Waals surface area contributed by atoms with Crippen LogP contribution in [0.3, 0.4) is 0 Å². The molecule has 0 saturated heterocycles. The van der Waals surface area contributed by atoms with E-state index in [1.165, 1.54) is 0 Å². The van der Waals surface area contributed by atoms with E-state index in [0.29, 0.717) is 25.4 Å². The number of nitrogens with zero attached hydrogens (tertiary/aromatic N) is 1. The maximum absolute atomic E-state index is 12.8. The average molecular weight is 369 g/mol. The van der Waals surface area contributed by atoms with Gasteiger partial charge in [-0.05, 0) is 56.5 Å². The van der Waals surface area contributed by atoms with Crippen LogP contribution in [-0.4, -0.2) is 41.3 Å². The van der Waals surface area contributed by atoms with Crippen molar-refractivity contribution in [1.82, 2.24) is 4.90 Å². The second-order valence-electron chi connectivity index (χ2n) is 7.23. The molecule has 27 heavy (non-hydrogen) atoms. The Hall–Kier alpha value is -2.53. The number of hydrogen-bond acceptors (Lipinski definition) is 4. The van der Waals surface area contributed by atoms with Gasteiger partial charge >= 0.3 is 0 Å². The molecule has 3 rings (SSSR count). The fourth-order valence-corrected chi connectivity index (χ4v) is 3.46. The molecule has 1 heterocycles. The molecular weight excluding hydrogens is 342 g/mol. The van der Waals surface area contributed by atoms with Crippen molar-refractivity contribution in [1.29, 1.82) is 0 Å². The number of amides is 1. The lowest BCUT2D eigenvalue weighted by Crippen LogP contribution is -2.40. The molecule has 0 aliphatic carbocycles. The lowest BCUT2D eigenvalue weighted by Gasteiger charge is -2.25. The van der Waals surface area contributed by atoms with Crippen LogP contribution in [-0.2, 0) is 16.1 Å². The fourth-order valence-electron chi connectivity index (χ4n) is 3.46. The molecule has 0 saturated carbocycles. The van der Waals surface area contributed by atoms with E-state index in [4.69, 9.17) is 9.47 Å². The van der Waals surface area contributed by atoms with Gasteiger partial charge in [-0.2, -0.15) is 0 Å². The van der Waals surface area contributed by atoms with Gasteiger partial charge in [0.15, 0.2) is 11.5 Å². The minimum absolute atomic E-state index is 0.0174. The zero-order valence-electron chi connectivity index (χ0n) is 16.4. The van der Waals surface area contributed by atoms with Crippen molar-refractivity contribution in [2.75, 3.05) is 13.2 Å². The third-order valence-electron chi connectivity index (χ3n) is 4.71. The highest BCUT2D eigenvalue weighted by Crippen LogP contribution is 2.38. The standard InChI is InChI=1S/C22H27NO4/c1-14(2)27-16(4)22(25)23-9-10-26-21-18(13-23)11-17(12-20(21)24)19-8-6-5-7-15(19)3/h5-8,11-12,14,16,24H,9-10,13H2,1-4H3/t16-/m0/s1. The van der Waals surface area contributed by atoms with Crippen molar-refractivity contribution in [3.63, 3.8) is 0 Å². The zero-order chi connectivity index (χ0) is 19.6. The van der Waals surface area contributed by atoms with E-state index in [-0.39, 0.29) is 17.8 Å². The Morgan fingerprint density at radius 3 is 2.67 bits per heavy atom. The Bertz CT molecular complexity index is 831. The quantitative estimate of drug-likeness (QED) is 0.888. The molecule has 2 aromatic rings.